The van der Waals surface area contributed by atoms with Crippen molar-refractivity contribution in [3.05, 3.63) is 23.2 Å². The highest BCUT2D eigenvalue weighted by molar-refractivity contribution is 6.32. The highest BCUT2D eigenvalue weighted by Crippen LogP contribution is 2.37. The van der Waals surface area contributed by atoms with Gasteiger partial charge in [0.25, 0.3) is 0 Å². The lowest BCUT2D eigenvalue weighted by Gasteiger charge is -2.43. The summed E-state index contributed by atoms with van der Waals surface area (Å²) in [6.45, 7) is 6.30. The monoisotopic (exact) mass is 378 g/mol. The van der Waals surface area contributed by atoms with Gasteiger partial charge in [-0.25, -0.2) is 0 Å². The number of amides is 2. The van der Waals surface area contributed by atoms with Gasteiger partial charge < -0.3 is 15.2 Å². The Morgan fingerprint density at radius 1 is 1.35 bits per heavy atom. The van der Waals surface area contributed by atoms with Gasteiger partial charge in [-0.2, -0.15) is 0 Å². The standard InChI is InChI=1S/C19H23ClN2O4/c1-5-16(23)22(19(17(21)24)8-10-25-11-9-19)13-6-7-15(14(20)12-13)26-18(2,3)4/h1,6-7,12H,8-11H2,2-4H3,(H2,21,24). The first-order valence-corrected chi connectivity index (χ1v) is 8.65. The maximum absolute atomic E-state index is 12.5. The van der Waals surface area contributed by atoms with Gasteiger partial charge in [-0.15, -0.1) is 6.42 Å². The molecule has 0 spiro atoms. The van der Waals surface area contributed by atoms with Crippen molar-refractivity contribution in [2.75, 3.05) is 18.1 Å². The second kappa shape index (κ2) is 7.56. The van der Waals surface area contributed by atoms with E-state index in [1.54, 1.807) is 18.2 Å². The van der Waals surface area contributed by atoms with Crippen molar-refractivity contribution in [2.24, 2.45) is 5.73 Å². The summed E-state index contributed by atoms with van der Waals surface area (Å²) in [7, 11) is 0. The predicted molar refractivity (Wildman–Crippen MR) is 100 cm³/mol. The van der Waals surface area contributed by atoms with Crippen molar-refractivity contribution in [3.8, 4) is 18.1 Å². The van der Waals surface area contributed by atoms with Crippen LogP contribution in [0.15, 0.2) is 18.2 Å². The average molecular weight is 379 g/mol. The first-order valence-electron chi connectivity index (χ1n) is 8.28. The van der Waals surface area contributed by atoms with Crippen molar-refractivity contribution in [1.29, 1.82) is 0 Å². The van der Waals surface area contributed by atoms with Gasteiger partial charge >= 0.3 is 5.91 Å². The molecule has 2 N–H and O–H groups in total. The van der Waals surface area contributed by atoms with Crippen molar-refractivity contribution >= 4 is 29.1 Å². The number of nitrogens with zero attached hydrogens (tertiary/aromatic N) is 1. The molecule has 1 fully saturated rings. The Kier molecular flexibility index (Phi) is 5.84. The van der Waals surface area contributed by atoms with Gasteiger partial charge in [-0.1, -0.05) is 11.6 Å². The van der Waals surface area contributed by atoms with Crippen molar-refractivity contribution in [2.45, 2.75) is 44.8 Å². The van der Waals surface area contributed by atoms with Gasteiger partial charge in [0.2, 0.25) is 5.91 Å². The fourth-order valence-electron chi connectivity index (χ4n) is 2.95. The van der Waals surface area contributed by atoms with E-state index in [4.69, 9.17) is 33.2 Å². The Labute approximate surface area is 158 Å². The minimum atomic E-state index is -1.25. The van der Waals surface area contributed by atoms with Gasteiger partial charge in [0.05, 0.1) is 5.02 Å². The number of benzene rings is 1. The number of carbonyl (C=O) groups excluding carboxylic acids is 2. The smallest absolute Gasteiger partial charge is 0.303 e. The molecule has 6 nitrogen and oxygen atoms in total. The van der Waals surface area contributed by atoms with Gasteiger partial charge in [0.15, 0.2) is 0 Å². The van der Waals surface area contributed by atoms with Crippen LogP contribution in [0.1, 0.15) is 33.6 Å². The van der Waals surface area contributed by atoms with E-state index in [1.165, 1.54) is 4.90 Å². The number of halogens is 1. The average Bonchev–Trinajstić information content (AvgIpc) is 2.57. The minimum absolute atomic E-state index is 0.258. The maximum atomic E-state index is 12.5. The molecule has 2 rings (SSSR count). The van der Waals surface area contributed by atoms with Crippen LogP contribution in [0.4, 0.5) is 5.69 Å². The molecule has 1 aromatic rings. The largest absolute Gasteiger partial charge is 0.487 e. The van der Waals surface area contributed by atoms with Crippen LogP contribution in [0.25, 0.3) is 0 Å². The zero-order valence-electron chi connectivity index (χ0n) is 15.2. The van der Waals surface area contributed by atoms with E-state index in [1.807, 2.05) is 20.8 Å². The molecule has 0 aromatic heterocycles. The molecule has 26 heavy (non-hydrogen) atoms. The molecular weight excluding hydrogens is 356 g/mol. The molecule has 1 aromatic carbocycles. The van der Waals surface area contributed by atoms with Crippen LogP contribution in [0, 0.1) is 12.3 Å². The molecule has 1 aliphatic heterocycles. The number of hydrogen-bond acceptors (Lipinski definition) is 4. The second-order valence-electron chi connectivity index (χ2n) is 7.12. The SMILES string of the molecule is C#CC(=O)N(c1ccc(OC(C)(C)C)c(Cl)c1)C1(C(N)=O)CCOCC1. The number of carbonyl (C=O) groups is 2. The van der Waals surface area contributed by atoms with Gasteiger partial charge in [-0.05, 0) is 44.9 Å². The first-order chi connectivity index (χ1) is 12.1. The quantitative estimate of drug-likeness (QED) is 0.816. The summed E-state index contributed by atoms with van der Waals surface area (Å²) in [6, 6.07) is 4.84. The third-order valence-electron chi connectivity index (χ3n) is 4.12. The molecule has 1 aliphatic rings. The van der Waals surface area contributed by atoms with Gasteiger partial charge in [0.1, 0.15) is 16.9 Å². The van der Waals surface area contributed by atoms with Crippen LogP contribution in [-0.4, -0.2) is 36.2 Å². The molecule has 2 amide bonds. The summed E-state index contributed by atoms with van der Waals surface area (Å²) in [5.74, 6) is 1.26. The number of terminal acetylenes is 1. The third-order valence-corrected chi connectivity index (χ3v) is 4.42. The highest BCUT2D eigenvalue weighted by atomic mass is 35.5. The molecular formula is C19H23ClN2O4. The minimum Gasteiger partial charge on any atom is -0.487 e. The number of anilines is 1. The molecule has 1 saturated heterocycles. The number of rotatable bonds is 4. The fourth-order valence-corrected chi connectivity index (χ4v) is 3.17. The van der Waals surface area contributed by atoms with E-state index in [-0.39, 0.29) is 12.8 Å². The summed E-state index contributed by atoms with van der Waals surface area (Å²) in [6.07, 6.45) is 5.86. The van der Waals surface area contributed by atoms with E-state index in [2.05, 4.69) is 5.92 Å². The third kappa shape index (κ3) is 4.12. The van der Waals surface area contributed by atoms with Crippen LogP contribution < -0.4 is 15.4 Å². The molecule has 0 bridgehead atoms. The summed E-state index contributed by atoms with van der Waals surface area (Å²) in [4.78, 5) is 26.1. The van der Waals surface area contributed by atoms with E-state index < -0.39 is 23.0 Å². The summed E-state index contributed by atoms with van der Waals surface area (Å²) < 4.78 is 11.1. The molecule has 140 valence electrons. The molecule has 0 aliphatic carbocycles. The molecule has 1 heterocycles. The van der Waals surface area contributed by atoms with Crippen LogP contribution in [0.2, 0.25) is 5.02 Å². The zero-order chi connectivity index (χ0) is 19.5. The van der Waals surface area contributed by atoms with Gasteiger partial charge in [0, 0.05) is 31.7 Å². The Morgan fingerprint density at radius 3 is 2.42 bits per heavy atom. The summed E-state index contributed by atoms with van der Waals surface area (Å²) in [5.41, 5.74) is 4.37. The topological polar surface area (TPSA) is 81.9 Å². The fraction of sp³-hybridized carbons (Fsp3) is 0.474. The molecule has 0 unspecified atom stereocenters. The molecule has 0 radical (unpaired) electrons. The Morgan fingerprint density at radius 2 is 1.96 bits per heavy atom. The Hall–Kier alpha value is -2.23. The molecule has 7 heteroatoms. The first kappa shape index (κ1) is 20.1. The number of nitrogens with two attached hydrogens (primary N) is 1. The number of primary amides is 1. The van der Waals surface area contributed by atoms with E-state index in [0.29, 0.717) is 29.7 Å². The van der Waals surface area contributed by atoms with E-state index >= 15 is 0 Å². The maximum Gasteiger partial charge on any atom is 0.303 e. The summed E-state index contributed by atoms with van der Waals surface area (Å²) >= 11 is 6.34. The Balaban J connectivity index is 2.51. The predicted octanol–water partition coefficient (Wildman–Crippen LogP) is 2.52. The normalized spacial score (nSPS) is 16.4. The Bertz CT molecular complexity index is 743. The van der Waals surface area contributed by atoms with Gasteiger partial charge in [-0.3, -0.25) is 14.5 Å². The lowest BCUT2D eigenvalue weighted by atomic mass is 9.86. The van der Waals surface area contributed by atoms with Crippen molar-refractivity contribution in [3.63, 3.8) is 0 Å². The molecule has 0 saturated carbocycles. The lowest BCUT2D eigenvalue weighted by Crippen LogP contribution is -2.62. The van der Waals surface area contributed by atoms with E-state index in [9.17, 15) is 9.59 Å². The van der Waals surface area contributed by atoms with Crippen LogP contribution in [-0.2, 0) is 14.3 Å². The number of hydrogen-bond donors (Lipinski definition) is 1. The molecule has 0 atom stereocenters. The number of ether oxygens (including phenoxy) is 2. The second-order valence-corrected chi connectivity index (χ2v) is 7.53. The van der Waals surface area contributed by atoms with Crippen molar-refractivity contribution in [1.82, 2.24) is 0 Å². The zero-order valence-corrected chi connectivity index (χ0v) is 15.9. The van der Waals surface area contributed by atoms with Crippen LogP contribution in [0.3, 0.4) is 0 Å². The van der Waals surface area contributed by atoms with E-state index in [0.717, 1.165) is 0 Å². The van der Waals surface area contributed by atoms with Crippen molar-refractivity contribution < 1.29 is 19.1 Å². The highest BCUT2D eigenvalue weighted by Gasteiger charge is 2.47. The van der Waals surface area contributed by atoms with Crippen LogP contribution >= 0.6 is 11.6 Å². The lowest BCUT2D eigenvalue weighted by molar-refractivity contribution is -0.130. The van der Waals surface area contributed by atoms with Crippen LogP contribution in [0.5, 0.6) is 5.75 Å². The summed E-state index contributed by atoms with van der Waals surface area (Å²) in [5, 5.41) is 0.305.